The molecule has 0 aromatic heterocycles. The number of carbonyl (C=O) groups is 2. The van der Waals surface area contributed by atoms with Crippen LogP contribution < -0.4 is 11.1 Å². The third-order valence-corrected chi connectivity index (χ3v) is 2.70. The monoisotopic (exact) mass is 254 g/mol. The third kappa shape index (κ3) is 4.07. The Balaban J connectivity index is 2.53. The SMILES string of the molecule is CCC(C(N)=O)C(=O)NCc1ccc(Cl)cc1. The molecule has 0 aliphatic heterocycles. The molecule has 0 saturated carbocycles. The van der Waals surface area contributed by atoms with E-state index in [4.69, 9.17) is 17.3 Å². The predicted molar refractivity (Wildman–Crippen MR) is 66.3 cm³/mol. The molecule has 0 aliphatic rings. The Bertz CT molecular complexity index is 403. The van der Waals surface area contributed by atoms with E-state index in [1.807, 2.05) is 12.1 Å². The molecule has 1 aromatic carbocycles. The largest absolute Gasteiger partial charge is 0.369 e. The molecule has 1 rings (SSSR count). The van der Waals surface area contributed by atoms with Crippen molar-refractivity contribution in [3.05, 3.63) is 34.9 Å². The average molecular weight is 255 g/mol. The molecular weight excluding hydrogens is 240 g/mol. The Morgan fingerprint density at radius 2 is 1.94 bits per heavy atom. The molecule has 0 aliphatic carbocycles. The van der Waals surface area contributed by atoms with Crippen molar-refractivity contribution in [2.24, 2.45) is 11.7 Å². The summed E-state index contributed by atoms with van der Waals surface area (Å²) in [7, 11) is 0. The van der Waals surface area contributed by atoms with Gasteiger partial charge in [0.15, 0.2) is 0 Å². The number of hydrogen-bond acceptors (Lipinski definition) is 2. The molecule has 4 nitrogen and oxygen atoms in total. The second kappa shape index (κ2) is 6.25. The summed E-state index contributed by atoms with van der Waals surface area (Å²) >= 11 is 5.74. The van der Waals surface area contributed by atoms with Crippen LogP contribution in [0.3, 0.4) is 0 Å². The van der Waals surface area contributed by atoms with Gasteiger partial charge in [-0.05, 0) is 24.1 Å². The molecule has 17 heavy (non-hydrogen) atoms. The first-order valence-electron chi connectivity index (χ1n) is 5.36. The van der Waals surface area contributed by atoms with Crippen molar-refractivity contribution in [2.45, 2.75) is 19.9 Å². The number of halogens is 1. The quantitative estimate of drug-likeness (QED) is 0.781. The van der Waals surface area contributed by atoms with Crippen LogP contribution in [0.4, 0.5) is 0 Å². The number of primary amides is 1. The summed E-state index contributed by atoms with van der Waals surface area (Å²) < 4.78 is 0. The normalized spacial score (nSPS) is 11.9. The number of nitrogens with two attached hydrogens (primary N) is 1. The van der Waals surface area contributed by atoms with Crippen molar-refractivity contribution >= 4 is 23.4 Å². The molecule has 0 spiro atoms. The fraction of sp³-hybridized carbons (Fsp3) is 0.333. The minimum absolute atomic E-state index is 0.338. The maximum atomic E-state index is 11.6. The number of hydrogen-bond donors (Lipinski definition) is 2. The summed E-state index contributed by atoms with van der Waals surface area (Å²) in [5.41, 5.74) is 6.04. The summed E-state index contributed by atoms with van der Waals surface area (Å²) in [4.78, 5) is 22.6. The van der Waals surface area contributed by atoms with Gasteiger partial charge in [-0.1, -0.05) is 30.7 Å². The van der Waals surface area contributed by atoms with Gasteiger partial charge in [0, 0.05) is 11.6 Å². The molecule has 0 bridgehead atoms. The van der Waals surface area contributed by atoms with Crippen LogP contribution in [0.2, 0.25) is 5.02 Å². The lowest BCUT2D eigenvalue weighted by atomic mass is 10.1. The Morgan fingerprint density at radius 1 is 1.35 bits per heavy atom. The van der Waals surface area contributed by atoms with Crippen LogP contribution in [0.15, 0.2) is 24.3 Å². The number of carbonyl (C=O) groups excluding carboxylic acids is 2. The van der Waals surface area contributed by atoms with E-state index < -0.39 is 11.8 Å². The summed E-state index contributed by atoms with van der Waals surface area (Å²) in [5.74, 6) is -1.70. The van der Waals surface area contributed by atoms with Crippen LogP contribution >= 0.6 is 11.6 Å². The van der Waals surface area contributed by atoms with E-state index in [0.29, 0.717) is 18.0 Å². The van der Waals surface area contributed by atoms with Crippen molar-refractivity contribution in [1.29, 1.82) is 0 Å². The maximum Gasteiger partial charge on any atom is 0.232 e. The highest BCUT2D eigenvalue weighted by Gasteiger charge is 2.21. The van der Waals surface area contributed by atoms with E-state index in [0.717, 1.165) is 5.56 Å². The van der Waals surface area contributed by atoms with Crippen LogP contribution in [0, 0.1) is 5.92 Å². The van der Waals surface area contributed by atoms with Crippen LogP contribution in [0.25, 0.3) is 0 Å². The first-order chi connectivity index (χ1) is 8.04. The second-order valence-electron chi connectivity index (χ2n) is 3.71. The molecule has 3 N–H and O–H groups in total. The van der Waals surface area contributed by atoms with Gasteiger partial charge in [0.05, 0.1) is 0 Å². The highest BCUT2D eigenvalue weighted by atomic mass is 35.5. The first kappa shape index (κ1) is 13.5. The van der Waals surface area contributed by atoms with E-state index in [1.54, 1.807) is 19.1 Å². The lowest BCUT2D eigenvalue weighted by Gasteiger charge is -2.11. The van der Waals surface area contributed by atoms with Crippen molar-refractivity contribution in [2.75, 3.05) is 0 Å². The minimum atomic E-state index is -0.762. The average Bonchev–Trinajstić information content (AvgIpc) is 2.28. The van der Waals surface area contributed by atoms with Gasteiger partial charge in [-0.3, -0.25) is 9.59 Å². The molecule has 0 heterocycles. The van der Waals surface area contributed by atoms with Crippen molar-refractivity contribution < 1.29 is 9.59 Å². The summed E-state index contributed by atoms with van der Waals surface area (Å²) in [5, 5.41) is 3.31. The number of nitrogens with one attached hydrogen (secondary N) is 1. The molecule has 0 fully saturated rings. The van der Waals surface area contributed by atoms with E-state index in [1.165, 1.54) is 0 Å². The van der Waals surface area contributed by atoms with Gasteiger partial charge in [-0.2, -0.15) is 0 Å². The van der Waals surface area contributed by atoms with Gasteiger partial charge in [0.2, 0.25) is 11.8 Å². The summed E-state index contributed by atoms with van der Waals surface area (Å²) in [6, 6.07) is 7.12. The zero-order valence-corrected chi connectivity index (χ0v) is 10.3. The molecule has 2 amide bonds. The Morgan fingerprint density at radius 3 is 2.41 bits per heavy atom. The van der Waals surface area contributed by atoms with Crippen LogP contribution in [-0.2, 0) is 16.1 Å². The van der Waals surface area contributed by atoms with Gasteiger partial charge in [-0.25, -0.2) is 0 Å². The van der Waals surface area contributed by atoms with E-state index >= 15 is 0 Å². The summed E-state index contributed by atoms with van der Waals surface area (Å²) in [6.45, 7) is 2.11. The summed E-state index contributed by atoms with van der Waals surface area (Å²) in [6.07, 6.45) is 0.405. The van der Waals surface area contributed by atoms with Crippen molar-refractivity contribution in [3.63, 3.8) is 0 Å². The van der Waals surface area contributed by atoms with Gasteiger partial charge < -0.3 is 11.1 Å². The highest BCUT2D eigenvalue weighted by molar-refractivity contribution is 6.30. The lowest BCUT2D eigenvalue weighted by Crippen LogP contribution is -2.38. The molecule has 5 heteroatoms. The van der Waals surface area contributed by atoms with E-state index in [-0.39, 0.29) is 5.91 Å². The predicted octanol–water partition coefficient (Wildman–Crippen LogP) is 1.47. The second-order valence-corrected chi connectivity index (χ2v) is 4.14. The minimum Gasteiger partial charge on any atom is -0.369 e. The number of amides is 2. The standard InChI is InChI=1S/C12H15ClN2O2/c1-2-10(11(14)16)12(17)15-7-8-3-5-9(13)6-4-8/h3-6,10H,2,7H2,1H3,(H2,14,16)(H,15,17). The van der Waals surface area contributed by atoms with Crippen LogP contribution in [0.5, 0.6) is 0 Å². The number of benzene rings is 1. The fourth-order valence-corrected chi connectivity index (χ4v) is 1.56. The topological polar surface area (TPSA) is 72.2 Å². The molecule has 1 unspecified atom stereocenters. The Kier molecular flexibility index (Phi) is 4.97. The lowest BCUT2D eigenvalue weighted by molar-refractivity contribution is -0.133. The smallest absolute Gasteiger partial charge is 0.232 e. The molecular formula is C12H15ClN2O2. The van der Waals surface area contributed by atoms with Crippen molar-refractivity contribution in [3.8, 4) is 0 Å². The number of rotatable bonds is 5. The third-order valence-electron chi connectivity index (χ3n) is 2.45. The van der Waals surface area contributed by atoms with Gasteiger partial charge in [-0.15, -0.1) is 0 Å². The zero-order chi connectivity index (χ0) is 12.8. The molecule has 0 radical (unpaired) electrons. The maximum absolute atomic E-state index is 11.6. The first-order valence-corrected chi connectivity index (χ1v) is 5.74. The molecule has 0 saturated heterocycles. The van der Waals surface area contributed by atoms with Gasteiger partial charge in [0.1, 0.15) is 5.92 Å². The Labute approximate surface area is 105 Å². The van der Waals surface area contributed by atoms with E-state index in [2.05, 4.69) is 5.32 Å². The van der Waals surface area contributed by atoms with E-state index in [9.17, 15) is 9.59 Å². The molecule has 92 valence electrons. The van der Waals surface area contributed by atoms with Crippen LogP contribution in [0.1, 0.15) is 18.9 Å². The Hall–Kier alpha value is -1.55. The van der Waals surface area contributed by atoms with Crippen LogP contribution in [-0.4, -0.2) is 11.8 Å². The fourth-order valence-electron chi connectivity index (χ4n) is 1.43. The molecule has 1 atom stereocenters. The van der Waals surface area contributed by atoms with Crippen molar-refractivity contribution in [1.82, 2.24) is 5.32 Å². The van der Waals surface area contributed by atoms with Gasteiger partial charge in [0.25, 0.3) is 0 Å². The zero-order valence-electron chi connectivity index (χ0n) is 9.57. The van der Waals surface area contributed by atoms with Gasteiger partial charge >= 0.3 is 0 Å². The molecule has 1 aromatic rings. The highest BCUT2D eigenvalue weighted by Crippen LogP contribution is 2.09.